The highest BCUT2D eigenvalue weighted by atomic mass is 32.1. The Labute approximate surface area is 121 Å². The summed E-state index contributed by atoms with van der Waals surface area (Å²) in [4.78, 5) is 0. The molecule has 102 valence electrons. The van der Waals surface area contributed by atoms with Crippen LogP contribution in [-0.2, 0) is 6.42 Å². The molecule has 2 heteroatoms. The SMILES string of the molecule is CC1C=Cc2c(CCCCO)cccc2C(CS)=C1. The Hall–Kier alpha value is -0.990. The van der Waals surface area contributed by atoms with Crippen molar-refractivity contribution in [2.75, 3.05) is 12.4 Å². The lowest BCUT2D eigenvalue weighted by molar-refractivity contribution is 0.284. The molecular formula is C17H22OS. The number of unbranched alkanes of at least 4 members (excludes halogenated alkanes) is 1. The average Bonchev–Trinajstić information content (AvgIpc) is 2.59. The number of aliphatic hydroxyl groups is 1. The van der Waals surface area contributed by atoms with Crippen molar-refractivity contribution in [3.8, 4) is 0 Å². The van der Waals surface area contributed by atoms with Gasteiger partial charge in [-0.1, -0.05) is 43.4 Å². The van der Waals surface area contributed by atoms with Crippen LogP contribution in [0.2, 0.25) is 0 Å². The Balaban J connectivity index is 2.35. The molecule has 1 aliphatic rings. The summed E-state index contributed by atoms with van der Waals surface area (Å²) in [6, 6.07) is 6.52. The maximum atomic E-state index is 8.91. The van der Waals surface area contributed by atoms with Crippen LogP contribution in [0.3, 0.4) is 0 Å². The van der Waals surface area contributed by atoms with Gasteiger partial charge in [0.25, 0.3) is 0 Å². The lowest BCUT2D eigenvalue weighted by atomic mass is 9.94. The number of rotatable bonds is 5. The molecule has 1 aromatic rings. The highest BCUT2D eigenvalue weighted by Gasteiger charge is 2.12. The van der Waals surface area contributed by atoms with Gasteiger partial charge in [-0.05, 0) is 47.4 Å². The lowest BCUT2D eigenvalue weighted by Gasteiger charge is -2.12. The van der Waals surface area contributed by atoms with Crippen molar-refractivity contribution < 1.29 is 5.11 Å². The van der Waals surface area contributed by atoms with Gasteiger partial charge in [-0.2, -0.15) is 12.6 Å². The van der Waals surface area contributed by atoms with Gasteiger partial charge in [0.1, 0.15) is 0 Å². The van der Waals surface area contributed by atoms with Gasteiger partial charge in [-0.15, -0.1) is 0 Å². The van der Waals surface area contributed by atoms with Crippen molar-refractivity contribution in [3.63, 3.8) is 0 Å². The first-order chi connectivity index (χ1) is 9.26. The molecule has 1 atom stereocenters. The molecule has 2 rings (SSSR count). The molecule has 0 aromatic heterocycles. The first kappa shape index (κ1) is 14.4. The summed E-state index contributed by atoms with van der Waals surface area (Å²) in [5.74, 6) is 1.24. The summed E-state index contributed by atoms with van der Waals surface area (Å²) in [7, 11) is 0. The van der Waals surface area contributed by atoms with Crippen molar-refractivity contribution >= 4 is 24.3 Å². The fourth-order valence-electron chi connectivity index (χ4n) is 2.58. The molecule has 1 unspecified atom stereocenters. The van der Waals surface area contributed by atoms with E-state index in [9.17, 15) is 0 Å². The second kappa shape index (κ2) is 6.97. The van der Waals surface area contributed by atoms with Crippen molar-refractivity contribution in [1.29, 1.82) is 0 Å². The topological polar surface area (TPSA) is 20.2 Å². The molecular weight excluding hydrogens is 252 g/mol. The highest BCUT2D eigenvalue weighted by Crippen LogP contribution is 2.30. The number of thiol groups is 1. The Morgan fingerprint density at radius 2 is 2.11 bits per heavy atom. The van der Waals surface area contributed by atoms with Gasteiger partial charge in [0.15, 0.2) is 0 Å². The number of benzene rings is 1. The van der Waals surface area contributed by atoms with E-state index in [0.717, 1.165) is 25.0 Å². The van der Waals surface area contributed by atoms with Crippen molar-refractivity contribution in [1.82, 2.24) is 0 Å². The lowest BCUT2D eigenvalue weighted by Crippen LogP contribution is -1.97. The highest BCUT2D eigenvalue weighted by molar-refractivity contribution is 7.80. The maximum absolute atomic E-state index is 8.91. The number of aryl methyl sites for hydroxylation is 1. The first-order valence-corrected chi connectivity index (χ1v) is 7.62. The Kier molecular flexibility index (Phi) is 5.29. The van der Waals surface area contributed by atoms with Crippen LogP contribution in [0.25, 0.3) is 11.6 Å². The smallest absolute Gasteiger partial charge is 0.0431 e. The third-order valence-corrected chi connectivity index (χ3v) is 3.94. The van der Waals surface area contributed by atoms with E-state index in [4.69, 9.17) is 5.11 Å². The molecule has 0 bridgehead atoms. The zero-order valence-corrected chi connectivity index (χ0v) is 12.4. The molecule has 0 saturated heterocycles. The predicted molar refractivity (Wildman–Crippen MR) is 86.5 cm³/mol. The summed E-state index contributed by atoms with van der Waals surface area (Å²) in [5.41, 5.74) is 5.35. The largest absolute Gasteiger partial charge is 0.396 e. The second-order valence-electron chi connectivity index (χ2n) is 5.13. The third kappa shape index (κ3) is 3.52. The van der Waals surface area contributed by atoms with Gasteiger partial charge in [0.2, 0.25) is 0 Å². The molecule has 0 heterocycles. The van der Waals surface area contributed by atoms with Gasteiger partial charge in [-0.3, -0.25) is 0 Å². The van der Waals surface area contributed by atoms with Crippen LogP contribution in [0.4, 0.5) is 0 Å². The molecule has 1 nitrogen and oxygen atoms in total. The number of hydrogen-bond acceptors (Lipinski definition) is 2. The van der Waals surface area contributed by atoms with Crippen molar-refractivity contribution in [3.05, 3.63) is 47.0 Å². The van der Waals surface area contributed by atoms with Crippen molar-refractivity contribution in [2.45, 2.75) is 26.2 Å². The van der Waals surface area contributed by atoms with Gasteiger partial charge < -0.3 is 5.11 Å². The first-order valence-electron chi connectivity index (χ1n) is 6.99. The van der Waals surface area contributed by atoms with Crippen molar-refractivity contribution in [2.24, 2.45) is 5.92 Å². The van der Waals surface area contributed by atoms with E-state index in [-0.39, 0.29) is 6.61 Å². The molecule has 1 aromatic carbocycles. The zero-order chi connectivity index (χ0) is 13.7. The summed E-state index contributed by atoms with van der Waals surface area (Å²) in [5, 5.41) is 8.91. The monoisotopic (exact) mass is 274 g/mol. The Bertz CT molecular complexity index is 488. The molecule has 0 radical (unpaired) electrons. The van der Waals surface area contributed by atoms with E-state index in [1.807, 2.05) is 0 Å². The van der Waals surface area contributed by atoms with E-state index < -0.39 is 0 Å². The Morgan fingerprint density at radius 1 is 1.26 bits per heavy atom. The predicted octanol–water partition coefficient (Wildman–Crippen LogP) is 3.98. The maximum Gasteiger partial charge on any atom is 0.0431 e. The van der Waals surface area contributed by atoms with Crippen LogP contribution < -0.4 is 0 Å². The standard InChI is InChI=1S/C17H22OS/c1-13-8-9-17-14(5-2-3-10-18)6-4-7-16(17)15(11-13)12-19/h4,6-9,11,13,18-19H,2-3,5,10,12H2,1H3. The van der Waals surface area contributed by atoms with E-state index in [2.05, 4.69) is 56.0 Å². The average molecular weight is 274 g/mol. The fourth-order valence-corrected chi connectivity index (χ4v) is 2.86. The van der Waals surface area contributed by atoms with Crippen LogP contribution in [0.15, 0.2) is 30.4 Å². The number of fused-ring (bicyclic) bond motifs is 1. The quantitative estimate of drug-likeness (QED) is 0.615. The van der Waals surface area contributed by atoms with Gasteiger partial charge in [0.05, 0.1) is 0 Å². The summed E-state index contributed by atoms with van der Waals surface area (Å²) >= 11 is 4.47. The fraction of sp³-hybridized carbons (Fsp3) is 0.412. The zero-order valence-electron chi connectivity index (χ0n) is 11.5. The van der Waals surface area contributed by atoms with E-state index in [1.165, 1.54) is 22.3 Å². The van der Waals surface area contributed by atoms with Crippen LogP contribution in [-0.4, -0.2) is 17.5 Å². The van der Waals surface area contributed by atoms with Crippen LogP contribution in [0.5, 0.6) is 0 Å². The molecule has 0 saturated carbocycles. The van der Waals surface area contributed by atoms with Crippen LogP contribution in [0.1, 0.15) is 36.5 Å². The van der Waals surface area contributed by atoms with Crippen LogP contribution >= 0.6 is 12.6 Å². The van der Waals surface area contributed by atoms with E-state index in [0.29, 0.717) is 5.92 Å². The number of allylic oxidation sites excluding steroid dienone is 2. The van der Waals surface area contributed by atoms with E-state index in [1.54, 1.807) is 0 Å². The molecule has 0 spiro atoms. The van der Waals surface area contributed by atoms with Gasteiger partial charge >= 0.3 is 0 Å². The second-order valence-corrected chi connectivity index (χ2v) is 5.44. The molecule has 0 amide bonds. The molecule has 1 aliphatic carbocycles. The molecule has 0 fully saturated rings. The third-order valence-electron chi connectivity index (χ3n) is 3.60. The number of aliphatic hydroxyl groups excluding tert-OH is 1. The summed E-state index contributed by atoms with van der Waals surface area (Å²) < 4.78 is 0. The number of hydrogen-bond donors (Lipinski definition) is 2. The van der Waals surface area contributed by atoms with Gasteiger partial charge in [-0.25, -0.2) is 0 Å². The summed E-state index contributed by atoms with van der Waals surface area (Å²) in [6.45, 7) is 2.49. The molecule has 1 N–H and O–H groups in total. The van der Waals surface area contributed by atoms with Crippen LogP contribution in [0, 0.1) is 5.92 Å². The van der Waals surface area contributed by atoms with Gasteiger partial charge in [0, 0.05) is 12.4 Å². The minimum absolute atomic E-state index is 0.281. The Morgan fingerprint density at radius 3 is 2.84 bits per heavy atom. The normalized spacial score (nSPS) is 17.8. The summed E-state index contributed by atoms with van der Waals surface area (Å²) in [6.07, 6.45) is 9.75. The minimum atomic E-state index is 0.281. The van der Waals surface area contributed by atoms with E-state index >= 15 is 0 Å². The molecule has 0 aliphatic heterocycles. The minimum Gasteiger partial charge on any atom is -0.396 e. The molecule has 19 heavy (non-hydrogen) atoms.